The number of nitrogens with one attached hydrogen (secondary N) is 1. The molecule has 1 heterocycles. The van der Waals surface area contributed by atoms with E-state index in [1.165, 1.54) is 5.49 Å². The van der Waals surface area contributed by atoms with E-state index in [1.807, 2.05) is 0 Å². The van der Waals surface area contributed by atoms with Gasteiger partial charge in [0.05, 0.1) is 5.22 Å². The third kappa shape index (κ3) is 2.07. The van der Waals surface area contributed by atoms with E-state index in [0.717, 1.165) is 0 Å². The first-order chi connectivity index (χ1) is 5.18. The Morgan fingerprint density at radius 2 is 2.55 bits per heavy atom. The predicted octanol–water partition coefficient (Wildman–Crippen LogP) is -0.218. The van der Waals surface area contributed by atoms with Gasteiger partial charge in [-0.2, -0.15) is 0 Å². The van der Waals surface area contributed by atoms with Crippen LogP contribution >= 0.6 is 12.2 Å². The highest BCUT2D eigenvalue weighted by Crippen LogP contribution is 2.07. The topological polar surface area (TPSA) is 74.0 Å². The Balaban J connectivity index is 2.68. The van der Waals surface area contributed by atoms with Gasteiger partial charge < -0.3 is 0 Å². The Hall–Kier alpha value is -0.280. The molecule has 1 rings (SSSR count). The summed E-state index contributed by atoms with van der Waals surface area (Å²) in [4.78, 5) is 2.25. The highest BCUT2D eigenvalue weighted by molar-refractivity contribution is 7.78. The van der Waals surface area contributed by atoms with Crippen molar-refractivity contribution in [1.29, 1.82) is 0 Å². The van der Waals surface area contributed by atoms with Crippen LogP contribution in [0, 0.1) is 0 Å². The molecule has 0 fully saturated rings. The van der Waals surface area contributed by atoms with Crippen molar-refractivity contribution in [3.05, 3.63) is 0 Å². The molecule has 0 spiro atoms. The van der Waals surface area contributed by atoms with E-state index >= 15 is 0 Å². The third-order valence-corrected chi connectivity index (χ3v) is 2.00. The summed E-state index contributed by atoms with van der Waals surface area (Å²) < 4.78 is 18.6. The van der Waals surface area contributed by atoms with Crippen molar-refractivity contribution in [2.24, 2.45) is 10.3 Å². The van der Waals surface area contributed by atoms with Crippen LogP contribution in [0.25, 0.3) is 0 Å². The average molecular weight is 195 g/mol. The van der Waals surface area contributed by atoms with Crippen molar-refractivity contribution in [3.63, 3.8) is 0 Å². The lowest BCUT2D eigenvalue weighted by atomic mass is 10.6. The summed E-state index contributed by atoms with van der Waals surface area (Å²) in [6, 6.07) is 0. The standard InChI is InChI=1S/C3H6N4O2S2/c8-11(9)6-7(3-10)2-1-4-5-7/h3,6H,1-2H2/p+1. The fraction of sp³-hybridized carbons (Fsp3) is 0.667. The van der Waals surface area contributed by atoms with E-state index in [0.29, 0.717) is 13.1 Å². The minimum absolute atomic E-state index is 0.252. The summed E-state index contributed by atoms with van der Waals surface area (Å²) in [5.41, 5.74) is 1.25. The van der Waals surface area contributed by atoms with Gasteiger partial charge in [0.15, 0.2) is 6.54 Å². The second-order valence-electron chi connectivity index (χ2n) is 1.95. The predicted molar refractivity (Wildman–Crippen MR) is 42.4 cm³/mol. The molecule has 0 aromatic carbocycles. The van der Waals surface area contributed by atoms with Gasteiger partial charge in [0, 0.05) is 0 Å². The molecule has 2 N–H and O–H groups in total. The van der Waals surface area contributed by atoms with Gasteiger partial charge in [-0.15, -0.1) is 5.11 Å². The molecule has 0 radical (unpaired) electrons. The average Bonchev–Trinajstić information content (AvgIpc) is 2.36. The van der Waals surface area contributed by atoms with Crippen LogP contribution in [0.5, 0.6) is 0 Å². The third-order valence-electron chi connectivity index (χ3n) is 1.17. The van der Waals surface area contributed by atoms with Crippen molar-refractivity contribution in [2.45, 2.75) is 0 Å². The lowest BCUT2D eigenvalue weighted by Gasteiger charge is -2.16. The molecule has 1 aliphatic heterocycles. The van der Waals surface area contributed by atoms with Crippen LogP contribution in [0.2, 0.25) is 0 Å². The van der Waals surface area contributed by atoms with Gasteiger partial charge in [-0.25, -0.2) is 4.21 Å². The molecule has 0 aliphatic carbocycles. The molecule has 62 valence electrons. The first-order valence-electron chi connectivity index (χ1n) is 2.80. The summed E-state index contributed by atoms with van der Waals surface area (Å²) in [6.07, 6.45) is 0. The largest absolute Gasteiger partial charge is 0.290 e. The molecule has 8 heteroatoms. The van der Waals surface area contributed by atoms with Crippen LogP contribution in [0.4, 0.5) is 0 Å². The maximum atomic E-state index is 10.3. The zero-order valence-electron chi connectivity index (χ0n) is 5.51. The summed E-state index contributed by atoms with van der Waals surface area (Å²) >= 11 is 2.50. The number of hydrogen-bond donors (Lipinski definition) is 2. The number of nitrogens with zero attached hydrogens (tertiary/aromatic N) is 3. The fourth-order valence-electron chi connectivity index (χ4n) is 0.694. The van der Waals surface area contributed by atoms with Gasteiger partial charge in [-0.3, -0.25) is 4.55 Å². The molecule has 1 aliphatic rings. The Kier molecular flexibility index (Phi) is 2.73. The van der Waals surface area contributed by atoms with Gasteiger partial charge in [0.25, 0.3) is 11.3 Å². The van der Waals surface area contributed by atoms with Crippen LogP contribution in [0.1, 0.15) is 0 Å². The highest BCUT2D eigenvalue weighted by atomic mass is 32.2. The molecule has 2 unspecified atom stereocenters. The SMILES string of the molecule is O=S(O)N[N+]1(C=S)CCN=N1. The van der Waals surface area contributed by atoms with Gasteiger partial charge in [0.2, 0.25) is 5.49 Å². The Bertz CT molecular complexity index is 219. The minimum Gasteiger partial charge on any atom is -0.290 e. The van der Waals surface area contributed by atoms with Crippen LogP contribution in [0.3, 0.4) is 0 Å². The van der Waals surface area contributed by atoms with Gasteiger partial charge in [-0.1, -0.05) is 4.70 Å². The highest BCUT2D eigenvalue weighted by Gasteiger charge is 2.32. The molecule has 0 amide bonds. The molecule has 11 heavy (non-hydrogen) atoms. The fourth-order valence-corrected chi connectivity index (χ4v) is 1.41. The molecular weight excluding hydrogens is 188 g/mol. The normalized spacial score (nSPS) is 32.1. The number of quaternary nitrogens is 1. The monoisotopic (exact) mass is 195 g/mol. The number of thiocarbonyl (C=S) groups is 1. The second kappa shape index (κ2) is 3.41. The molecule has 0 bridgehead atoms. The Morgan fingerprint density at radius 1 is 1.82 bits per heavy atom. The smallest absolute Gasteiger partial charge is 0.281 e. The van der Waals surface area contributed by atoms with Crippen LogP contribution in [-0.2, 0) is 11.3 Å². The molecule has 2 atom stereocenters. The maximum Gasteiger partial charge on any atom is 0.281 e. The summed E-state index contributed by atoms with van der Waals surface area (Å²) in [6.45, 7) is 0.993. The van der Waals surface area contributed by atoms with Gasteiger partial charge >= 0.3 is 0 Å². The molecule has 6 nitrogen and oxygen atoms in total. The first kappa shape index (κ1) is 8.81. The van der Waals surface area contributed by atoms with Crippen LogP contribution in [0.15, 0.2) is 10.3 Å². The maximum absolute atomic E-state index is 10.3. The van der Waals surface area contributed by atoms with Crippen LogP contribution in [-0.4, -0.2) is 32.0 Å². The van der Waals surface area contributed by atoms with Gasteiger partial charge in [-0.05, 0) is 17.0 Å². The number of rotatable bonds is 3. The molecule has 0 aromatic heterocycles. The molecular formula is C3H7N4O2S2+. The zero-order valence-corrected chi connectivity index (χ0v) is 7.14. The van der Waals surface area contributed by atoms with E-state index in [4.69, 9.17) is 4.55 Å². The summed E-state index contributed by atoms with van der Waals surface area (Å²) in [5.74, 6) is 0. The first-order valence-corrected chi connectivity index (χ1v) is 4.38. The van der Waals surface area contributed by atoms with Crippen molar-refractivity contribution < 1.29 is 13.5 Å². The molecule has 0 saturated carbocycles. The minimum atomic E-state index is -2.12. The quantitative estimate of drug-likeness (QED) is 0.371. The summed E-state index contributed by atoms with van der Waals surface area (Å²) in [5, 5.41) is 7.32. The Morgan fingerprint density at radius 3 is 2.91 bits per heavy atom. The Labute approximate surface area is 71.2 Å². The lowest BCUT2D eigenvalue weighted by molar-refractivity contribution is -0.864. The van der Waals surface area contributed by atoms with E-state index in [1.54, 1.807) is 0 Å². The van der Waals surface area contributed by atoms with E-state index in [-0.39, 0.29) is 4.70 Å². The van der Waals surface area contributed by atoms with E-state index < -0.39 is 11.3 Å². The van der Waals surface area contributed by atoms with Crippen molar-refractivity contribution in [2.75, 3.05) is 13.1 Å². The second-order valence-corrected chi connectivity index (χ2v) is 2.84. The van der Waals surface area contributed by atoms with Crippen LogP contribution < -0.4 is 4.83 Å². The van der Waals surface area contributed by atoms with Crippen molar-refractivity contribution in [1.82, 2.24) is 4.83 Å². The molecule has 0 aromatic rings. The van der Waals surface area contributed by atoms with Crippen molar-refractivity contribution in [3.8, 4) is 0 Å². The summed E-state index contributed by atoms with van der Waals surface area (Å²) in [7, 11) is 0. The molecule has 0 saturated heterocycles. The number of hydrogen-bond acceptors (Lipinski definition) is 4. The van der Waals surface area contributed by atoms with Gasteiger partial charge in [0.1, 0.15) is 6.54 Å². The van der Waals surface area contributed by atoms with Crippen molar-refractivity contribution >= 4 is 29.0 Å². The lowest BCUT2D eigenvalue weighted by Crippen LogP contribution is -2.51. The zero-order chi connectivity index (χ0) is 8.32. The van der Waals surface area contributed by atoms with E-state index in [9.17, 15) is 4.21 Å². The van der Waals surface area contributed by atoms with E-state index in [2.05, 4.69) is 27.4 Å².